The van der Waals surface area contributed by atoms with E-state index in [1.807, 2.05) is 25.1 Å². The van der Waals surface area contributed by atoms with Crippen molar-refractivity contribution in [2.75, 3.05) is 19.6 Å². The Bertz CT molecular complexity index is 436. The van der Waals surface area contributed by atoms with Crippen molar-refractivity contribution in [3.63, 3.8) is 0 Å². The predicted octanol–water partition coefficient (Wildman–Crippen LogP) is 1.27. The van der Waals surface area contributed by atoms with E-state index in [-0.39, 0.29) is 18.0 Å². The lowest BCUT2D eigenvalue weighted by Crippen LogP contribution is -2.52. The molecule has 0 saturated carbocycles. The van der Waals surface area contributed by atoms with Gasteiger partial charge in [-0.15, -0.1) is 0 Å². The molecule has 2 rings (SSSR count). The van der Waals surface area contributed by atoms with Gasteiger partial charge >= 0.3 is 0 Å². The number of nitrogens with two attached hydrogens (primary N) is 1. The normalized spacial score (nSPS) is 20.3. The molecule has 2 atom stereocenters. The molecule has 0 spiro atoms. The third-order valence-corrected chi connectivity index (χ3v) is 3.91. The van der Waals surface area contributed by atoms with Crippen molar-refractivity contribution in [1.82, 2.24) is 10.2 Å². The second kappa shape index (κ2) is 5.82. The third-order valence-electron chi connectivity index (χ3n) is 3.18. The molecule has 3 N–H and O–H groups in total. The molecule has 1 aromatic rings. The lowest BCUT2D eigenvalue weighted by molar-refractivity contribution is -0.125. The summed E-state index contributed by atoms with van der Waals surface area (Å²) in [4.78, 5) is 13.7. The summed E-state index contributed by atoms with van der Waals surface area (Å²) in [7, 11) is 0. The second-order valence-corrected chi connectivity index (χ2v) is 5.50. The van der Waals surface area contributed by atoms with Gasteiger partial charge in [0.1, 0.15) is 0 Å². The maximum Gasteiger partial charge on any atom is 0.234 e. The summed E-state index contributed by atoms with van der Waals surface area (Å²) in [6.07, 6.45) is 0. The predicted molar refractivity (Wildman–Crippen MR) is 75.1 cm³/mol. The Kier molecular flexibility index (Phi) is 4.37. The molecule has 18 heavy (non-hydrogen) atoms. The first-order chi connectivity index (χ1) is 8.59. The average Bonchev–Trinajstić information content (AvgIpc) is 2.32. The molecule has 2 unspecified atom stereocenters. The van der Waals surface area contributed by atoms with Gasteiger partial charge in [-0.25, -0.2) is 0 Å². The van der Waals surface area contributed by atoms with Gasteiger partial charge in [0, 0.05) is 23.6 Å². The molecule has 1 aliphatic rings. The van der Waals surface area contributed by atoms with E-state index < -0.39 is 0 Å². The summed E-state index contributed by atoms with van der Waals surface area (Å²) in [5.41, 5.74) is 7.26. The first kappa shape index (κ1) is 13.5. The van der Waals surface area contributed by atoms with Gasteiger partial charge in [-0.3, -0.25) is 9.69 Å². The van der Waals surface area contributed by atoms with E-state index in [0.29, 0.717) is 13.1 Å². The van der Waals surface area contributed by atoms with Crippen molar-refractivity contribution < 1.29 is 4.79 Å². The lowest BCUT2D eigenvalue weighted by Gasteiger charge is -2.37. The van der Waals surface area contributed by atoms with Crippen LogP contribution in [-0.2, 0) is 4.79 Å². The molecule has 1 fully saturated rings. The fraction of sp³-hybridized carbons (Fsp3) is 0.462. The van der Waals surface area contributed by atoms with Crippen LogP contribution in [0.1, 0.15) is 18.5 Å². The van der Waals surface area contributed by atoms with E-state index in [4.69, 9.17) is 5.73 Å². The monoisotopic (exact) mass is 311 g/mol. The van der Waals surface area contributed by atoms with Crippen molar-refractivity contribution in [2.24, 2.45) is 5.73 Å². The standard InChI is InChI=1S/C13H18BrN3O/c1-9(15)13(10-4-2-3-5-11(10)14)17-7-6-16-12(18)8-17/h2-5,9,13H,6-8,15H2,1H3,(H,16,18). The summed E-state index contributed by atoms with van der Waals surface area (Å²) in [6.45, 7) is 3.91. The highest BCUT2D eigenvalue weighted by Crippen LogP contribution is 2.29. The summed E-state index contributed by atoms with van der Waals surface area (Å²) >= 11 is 3.56. The van der Waals surface area contributed by atoms with Crippen LogP contribution in [0.5, 0.6) is 0 Å². The van der Waals surface area contributed by atoms with Crippen LogP contribution in [0.2, 0.25) is 0 Å². The van der Waals surface area contributed by atoms with Gasteiger partial charge in [-0.05, 0) is 18.6 Å². The zero-order valence-corrected chi connectivity index (χ0v) is 12.0. The van der Waals surface area contributed by atoms with Crippen LogP contribution in [0.4, 0.5) is 0 Å². The molecule has 1 aromatic carbocycles. The Morgan fingerprint density at radius 2 is 2.17 bits per heavy atom. The van der Waals surface area contributed by atoms with E-state index >= 15 is 0 Å². The van der Waals surface area contributed by atoms with Crippen molar-refractivity contribution >= 4 is 21.8 Å². The first-order valence-electron chi connectivity index (χ1n) is 6.10. The minimum atomic E-state index is -0.0328. The van der Waals surface area contributed by atoms with Crippen LogP contribution in [0, 0.1) is 0 Å². The fourth-order valence-corrected chi connectivity index (χ4v) is 2.94. The van der Waals surface area contributed by atoms with Gasteiger partial charge in [0.15, 0.2) is 0 Å². The largest absolute Gasteiger partial charge is 0.354 e. The number of carbonyl (C=O) groups is 1. The van der Waals surface area contributed by atoms with Crippen molar-refractivity contribution in [3.05, 3.63) is 34.3 Å². The highest BCUT2D eigenvalue weighted by Gasteiger charge is 2.29. The summed E-state index contributed by atoms with van der Waals surface area (Å²) < 4.78 is 1.04. The second-order valence-electron chi connectivity index (χ2n) is 4.65. The Morgan fingerprint density at radius 3 is 2.78 bits per heavy atom. The molecular formula is C13H18BrN3O. The quantitative estimate of drug-likeness (QED) is 0.884. The van der Waals surface area contributed by atoms with Crippen LogP contribution in [0.15, 0.2) is 28.7 Å². The molecule has 1 amide bonds. The number of nitrogens with one attached hydrogen (secondary N) is 1. The van der Waals surface area contributed by atoms with Gasteiger partial charge in [-0.2, -0.15) is 0 Å². The van der Waals surface area contributed by atoms with Gasteiger partial charge < -0.3 is 11.1 Å². The van der Waals surface area contributed by atoms with Crippen LogP contribution < -0.4 is 11.1 Å². The van der Waals surface area contributed by atoms with E-state index in [2.05, 4.69) is 32.2 Å². The zero-order valence-electron chi connectivity index (χ0n) is 10.4. The van der Waals surface area contributed by atoms with Gasteiger partial charge in [0.2, 0.25) is 5.91 Å². The van der Waals surface area contributed by atoms with E-state index in [9.17, 15) is 4.79 Å². The van der Waals surface area contributed by atoms with Crippen LogP contribution in [0.25, 0.3) is 0 Å². The minimum absolute atomic E-state index is 0.0328. The molecular weight excluding hydrogens is 294 g/mol. The fourth-order valence-electron chi connectivity index (χ4n) is 2.42. The van der Waals surface area contributed by atoms with Gasteiger partial charge in [-0.1, -0.05) is 34.1 Å². The number of carbonyl (C=O) groups excluding carboxylic acids is 1. The molecule has 4 nitrogen and oxygen atoms in total. The number of piperazine rings is 1. The maximum atomic E-state index is 11.5. The molecule has 1 heterocycles. The number of benzene rings is 1. The Morgan fingerprint density at radius 1 is 1.44 bits per heavy atom. The molecule has 0 radical (unpaired) electrons. The number of hydrogen-bond donors (Lipinski definition) is 2. The first-order valence-corrected chi connectivity index (χ1v) is 6.89. The number of amides is 1. The topological polar surface area (TPSA) is 58.4 Å². The van der Waals surface area contributed by atoms with Crippen molar-refractivity contribution in [3.8, 4) is 0 Å². The average molecular weight is 312 g/mol. The van der Waals surface area contributed by atoms with E-state index in [1.54, 1.807) is 0 Å². The zero-order chi connectivity index (χ0) is 13.1. The number of halogens is 1. The lowest BCUT2D eigenvalue weighted by atomic mass is 9.98. The van der Waals surface area contributed by atoms with Crippen molar-refractivity contribution in [2.45, 2.75) is 19.0 Å². The maximum absolute atomic E-state index is 11.5. The molecule has 5 heteroatoms. The summed E-state index contributed by atoms with van der Waals surface area (Å²) in [5, 5.41) is 2.84. The molecule has 0 aromatic heterocycles. The number of hydrogen-bond acceptors (Lipinski definition) is 3. The molecule has 1 aliphatic heterocycles. The van der Waals surface area contributed by atoms with Gasteiger partial charge in [0.25, 0.3) is 0 Å². The van der Waals surface area contributed by atoms with Crippen LogP contribution in [0.3, 0.4) is 0 Å². The highest BCUT2D eigenvalue weighted by atomic mass is 79.9. The summed E-state index contributed by atoms with van der Waals surface area (Å²) in [6, 6.07) is 8.08. The molecule has 0 bridgehead atoms. The minimum Gasteiger partial charge on any atom is -0.354 e. The van der Waals surface area contributed by atoms with Gasteiger partial charge in [0.05, 0.1) is 12.6 Å². The third kappa shape index (κ3) is 2.91. The number of rotatable bonds is 3. The Hall–Kier alpha value is -0.910. The number of nitrogens with zero attached hydrogens (tertiary/aromatic N) is 1. The SMILES string of the molecule is CC(N)C(c1ccccc1Br)N1CCNC(=O)C1. The summed E-state index contributed by atoms with van der Waals surface area (Å²) in [5.74, 6) is 0.0685. The highest BCUT2D eigenvalue weighted by molar-refractivity contribution is 9.10. The molecule has 1 saturated heterocycles. The Labute approximate surface area is 116 Å². The van der Waals surface area contributed by atoms with Crippen LogP contribution >= 0.6 is 15.9 Å². The van der Waals surface area contributed by atoms with E-state index in [1.165, 1.54) is 0 Å². The smallest absolute Gasteiger partial charge is 0.234 e. The van der Waals surface area contributed by atoms with E-state index in [0.717, 1.165) is 16.6 Å². The molecule has 0 aliphatic carbocycles. The van der Waals surface area contributed by atoms with Crippen LogP contribution in [-0.4, -0.2) is 36.5 Å². The Balaban J connectivity index is 2.28. The molecule has 98 valence electrons. The van der Waals surface area contributed by atoms with Crippen molar-refractivity contribution in [1.29, 1.82) is 0 Å².